The smallest absolute Gasteiger partial charge is 0.295 e. The van der Waals surface area contributed by atoms with Crippen LogP contribution in [0.2, 0.25) is 0 Å². The second-order valence-corrected chi connectivity index (χ2v) is 7.49. The first-order chi connectivity index (χ1) is 13.0. The Morgan fingerprint density at radius 1 is 1.30 bits per heavy atom. The zero-order valence-electron chi connectivity index (χ0n) is 15.7. The summed E-state index contributed by atoms with van der Waals surface area (Å²) in [5, 5.41) is 12.9. The second-order valence-electron chi connectivity index (χ2n) is 6.55. The van der Waals surface area contributed by atoms with Crippen LogP contribution in [0.15, 0.2) is 41.3 Å². The molecule has 1 aromatic heterocycles. The highest BCUT2D eigenvalue weighted by atomic mass is 32.1. The monoisotopic (exact) mass is 385 g/mol. The van der Waals surface area contributed by atoms with E-state index < -0.39 is 17.7 Å². The lowest BCUT2D eigenvalue weighted by molar-refractivity contribution is -0.139. The van der Waals surface area contributed by atoms with Crippen LogP contribution in [0.1, 0.15) is 41.8 Å². The van der Waals surface area contributed by atoms with Gasteiger partial charge in [-0.1, -0.05) is 25.5 Å². The molecule has 1 saturated heterocycles. The molecular weight excluding hydrogens is 362 g/mol. The maximum absolute atomic E-state index is 12.8. The molecule has 1 atom stereocenters. The number of aliphatic hydroxyl groups excluding tert-OH is 1. The third kappa shape index (κ3) is 3.49. The fourth-order valence-corrected chi connectivity index (χ4v) is 4.35. The maximum atomic E-state index is 12.8. The quantitative estimate of drug-likeness (QED) is 0.458. The molecule has 27 heavy (non-hydrogen) atoms. The van der Waals surface area contributed by atoms with Crippen LogP contribution in [0.5, 0.6) is 5.75 Å². The minimum absolute atomic E-state index is 0.148. The van der Waals surface area contributed by atoms with Gasteiger partial charge >= 0.3 is 0 Å². The van der Waals surface area contributed by atoms with Gasteiger partial charge in [-0.15, -0.1) is 11.3 Å². The first kappa shape index (κ1) is 19.2. The number of ketones is 1. The number of unbranched alkanes of at least 4 members (excludes halogenated alkanes) is 1. The number of amides is 1. The number of Topliss-reactive ketones (excluding diaryl/α,β-unsaturated/α-hetero) is 1. The van der Waals surface area contributed by atoms with Crippen molar-refractivity contribution in [2.45, 2.75) is 32.7 Å². The van der Waals surface area contributed by atoms with Gasteiger partial charge in [0.15, 0.2) is 0 Å². The minimum Gasteiger partial charge on any atom is -0.507 e. The molecule has 1 N–H and O–H groups in total. The average molecular weight is 385 g/mol. The molecule has 1 aromatic carbocycles. The molecule has 1 aliphatic rings. The molecule has 3 rings (SSSR count). The molecule has 0 spiro atoms. The summed E-state index contributed by atoms with van der Waals surface area (Å²) in [6.45, 7) is 4.48. The lowest BCUT2D eigenvalue weighted by Gasteiger charge is -2.24. The van der Waals surface area contributed by atoms with Gasteiger partial charge in [-0.2, -0.15) is 0 Å². The van der Waals surface area contributed by atoms with Gasteiger partial charge in [0, 0.05) is 17.0 Å². The number of likely N-dealkylation sites (tertiary alicyclic amines) is 1. The summed E-state index contributed by atoms with van der Waals surface area (Å²) >= 11 is 1.50. The lowest BCUT2D eigenvalue weighted by atomic mass is 9.98. The Labute approximate surface area is 162 Å². The van der Waals surface area contributed by atoms with E-state index in [1.807, 2.05) is 25.3 Å². The van der Waals surface area contributed by atoms with Crippen LogP contribution in [0, 0.1) is 6.92 Å². The van der Waals surface area contributed by atoms with Crippen molar-refractivity contribution in [2.24, 2.45) is 0 Å². The topological polar surface area (TPSA) is 66.8 Å². The van der Waals surface area contributed by atoms with E-state index in [0.717, 1.165) is 23.3 Å². The Hall–Kier alpha value is -2.60. The number of ether oxygens (including phenoxy) is 1. The van der Waals surface area contributed by atoms with Gasteiger partial charge in [-0.05, 0) is 42.5 Å². The number of hydrogen-bond donors (Lipinski definition) is 1. The Morgan fingerprint density at radius 2 is 2.07 bits per heavy atom. The van der Waals surface area contributed by atoms with Crippen LogP contribution in [0.3, 0.4) is 0 Å². The number of carbonyl (C=O) groups is 2. The molecule has 0 bridgehead atoms. The van der Waals surface area contributed by atoms with Crippen LogP contribution >= 0.6 is 11.3 Å². The molecule has 2 aromatic rings. The highest BCUT2D eigenvalue weighted by Gasteiger charge is 2.46. The SMILES string of the molecule is CCCCN1C(=O)C(=O)/C(=C(\O)c2cccc(OC)c2)C1c1sccc1C. The summed E-state index contributed by atoms with van der Waals surface area (Å²) in [6.07, 6.45) is 1.71. The van der Waals surface area contributed by atoms with Gasteiger partial charge in [-0.3, -0.25) is 9.59 Å². The second kappa shape index (κ2) is 7.96. The van der Waals surface area contributed by atoms with Gasteiger partial charge in [-0.25, -0.2) is 0 Å². The standard InChI is InChI=1S/C21H23NO4S/c1-4-5-10-22-17(20-13(2)9-11-27-20)16(19(24)21(22)25)18(23)14-7-6-8-15(12-14)26-3/h6-9,11-12,17,23H,4-5,10H2,1-3H3/b18-16-. The van der Waals surface area contributed by atoms with Crippen molar-refractivity contribution in [3.8, 4) is 5.75 Å². The van der Waals surface area contributed by atoms with Gasteiger partial charge in [0.1, 0.15) is 11.5 Å². The average Bonchev–Trinajstić information content (AvgIpc) is 3.21. The first-order valence-corrected chi connectivity index (χ1v) is 9.84. The van der Waals surface area contributed by atoms with Crippen LogP contribution in [0.25, 0.3) is 5.76 Å². The number of carbonyl (C=O) groups excluding carboxylic acids is 2. The molecule has 1 fully saturated rings. The molecule has 6 heteroatoms. The van der Waals surface area contributed by atoms with E-state index in [2.05, 4.69) is 0 Å². The van der Waals surface area contributed by atoms with E-state index in [9.17, 15) is 14.7 Å². The zero-order valence-corrected chi connectivity index (χ0v) is 16.5. The summed E-state index contributed by atoms with van der Waals surface area (Å²) < 4.78 is 5.21. The van der Waals surface area contributed by atoms with E-state index in [4.69, 9.17) is 4.74 Å². The van der Waals surface area contributed by atoms with Crippen molar-refractivity contribution in [3.63, 3.8) is 0 Å². The summed E-state index contributed by atoms with van der Waals surface area (Å²) in [6, 6.07) is 8.28. The number of methoxy groups -OCH3 is 1. The van der Waals surface area contributed by atoms with Crippen LogP contribution in [-0.4, -0.2) is 35.4 Å². The minimum atomic E-state index is -0.635. The van der Waals surface area contributed by atoms with Crippen molar-refractivity contribution < 1.29 is 19.4 Å². The molecule has 142 valence electrons. The number of thiophene rings is 1. The summed E-state index contributed by atoms with van der Waals surface area (Å²) in [7, 11) is 1.54. The third-order valence-corrected chi connectivity index (χ3v) is 5.86. The van der Waals surface area contributed by atoms with E-state index in [0.29, 0.717) is 17.9 Å². The number of aliphatic hydroxyl groups is 1. The predicted octanol–water partition coefficient (Wildman–Crippen LogP) is 4.29. The number of benzene rings is 1. The predicted molar refractivity (Wildman–Crippen MR) is 106 cm³/mol. The Balaban J connectivity index is 2.16. The number of nitrogens with zero attached hydrogens (tertiary/aromatic N) is 1. The van der Waals surface area contributed by atoms with Gasteiger partial charge in [0.25, 0.3) is 11.7 Å². The molecule has 1 unspecified atom stereocenters. The molecule has 0 saturated carbocycles. The lowest BCUT2D eigenvalue weighted by Crippen LogP contribution is -2.30. The molecule has 1 amide bonds. The fourth-order valence-electron chi connectivity index (χ4n) is 3.30. The zero-order chi connectivity index (χ0) is 19.6. The van der Waals surface area contributed by atoms with E-state index in [-0.39, 0.29) is 11.3 Å². The molecule has 1 aliphatic heterocycles. The van der Waals surface area contributed by atoms with Crippen LogP contribution in [-0.2, 0) is 9.59 Å². The van der Waals surface area contributed by atoms with Crippen molar-refractivity contribution in [1.29, 1.82) is 0 Å². The Morgan fingerprint density at radius 3 is 2.70 bits per heavy atom. The largest absolute Gasteiger partial charge is 0.507 e. The normalized spacial score (nSPS) is 18.9. The Kier molecular flexibility index (Phi) is 5.65. The molecule has 2 heterocycles. The fraction of sp³-hybridized carbons (Fsp3) is 0.333. The van der Waals surface area contributed by atoms with Gasteiger partial charge in [0.05, 0.1) is 18.7 Å². The Bertz CT molecular complexity index is 899. The number of aryl methyl sites for hydroxylation is 1. The number of hydrogen-bond acceptors (Lipinski definition) is 5. The van der Waals surface area contributed by atoms with E-state index >= 15 is 0 Å². The highest BCUT2D eigenvalue weighted by Crippen LogP contribution is 2.42. The maximum Gasteiger partial charge on any atom is 0.295 e. The summed E-state index contributed by atoms with van der Waals surface area (Å²) in [4.78, 5) is 28.0. The summed E-state index contributed by atoms with van der Waals surface area (Å²) in [5.74, 6) is -0.776. The van der Waals surface area contributed by atoms with Crippen molar-refractivity contribution in [1.82, 2.24) is 4.90 Å². The van der Waals surface area contributed by atoms with Crippen LogP contribution in [0.4, 0.5) is 0 Å². The van der Waals surface area contributed by atoms with Crippen molar-refractivity contribution in [2.75, 3.05) is 13.7 Å². The molecule has 0 radical (unpaired) electrons. The number of rotatable bonds is 6. The molecule has 0 aliphatic carbocycles. The third-order valence-electron chi connectivity index (χ3n) is 4.79. The highest BCUT2D eigenvalue weighted by molar-refractivity contribution is 7.10. The van der Waals surface area contributed by atoms with Crippen molar-refractivity contribution >= 4 is 28.8 Å². The van der Waals surface area contributed by atoms with E-state index in [1.165, 1.54) is 18.4 Å². The van der Waals surface area contributed by atoms with Gasteiger partial charge < -0.3 is 14.7 Å². The molecular formula is C21H23NO4S. The van der Waals surface area contributed by atoms with Crippen LogP contribution < -0.4 is 4.74 Å². The summed E-state index contributed by atoms with van der Waals surface area (Å²) in [5.41, 5.74) is 1.61. The van der Waals surface area contributed by atoms with Crippen molar-refractivity contribution in [3.05, 3.63) is 57.3 Å². The van der Waals surface area contributed by atoms with Gasteiger partial charge in [0.2, 0.25) is 0 Å². The van der Waals surface area contributed by atoms with E-state index in [1.54, 1.807) is 29.2 Å². The molecule has 5 nitrogen and oxygen atoms in total. The first-order valence-electron chi connectivity index (χ1n) is 8.96.